The van der Waals surface area contributed by atoms with Gasteiger partial charge in [0.05, 0.1) is 11.4 Å². The maximum absolute atomic E-state index is 12.5. The minimum absolute atomic E-state index is 0.0234. The summed E-state index contributed by atoms with van der Waals surface area (Å²) in [4.78, 5) is 15.6. The Labute approximate surface area is 146 Å². The van der Waals surface area contributed by atoms with Gasteiger partial charge in [-0.15, -0.1) is 0 Å². The van der Waals surface area contributed by atoms with Crippen molar-refractivity contribution in [3.63, 3.8) is 0 Å². The highest BCUT2D eigenvalue weighted by molar-refractivity contribution is 6.09. The van der Waals surface area contributed by atoms with E-state index in [1.54, 1.807) is 30.3 Å². The first-order valence-corrected chi connectivity index (χ1v) is 8.17. The molecule has 128 valence electrons. The first-order valence-electron chi connectivity index (χ1n) is 8.17. The quantitative estimate of drug-likeness (QED) is 0.470. The molecule has 2 aromatic carbocycles. The zero-order valence-electron chi connectivity index (χ0n) is 14.0. The second-order valence-electron chi connectivity index (χ2n) is 5.86. The molecule has 3 rings (SSSR count). The fourth-order valence-corrected chi connectivity index (χ4v) is 2.66. The van der Waals surface area contributed by atoms with Gasteiger partial charge in [-0.05, 0) is 55.0 Å². The Morgan fingerprint density at radius 1 is 1.04 bits per heavy atom. The van der Waals surface area contributed by atoms with Crippen LogP contribution in [0.15, 0.2) is 60.9 Å². The molecule has 1 unspecified atom stereocenters. The van der Waals surface area contributed by atoms with Crippen LogP contribution in [0.2, 0.25) is 0 Å². The lowest BCUT2D eigenvalue weighted by molar-refractivity contribution is 0.103. The Balaban J connectivity index is 1.75. The van der Waals surface area contributed by atoms with E-state index in [9.17, 15) is 4.79 Å². The number of hydrogen-bond donors (Lipinski definition) is 3. The molecule has 0 bridgehead atoms. The first-order chi connectivity index (χ1) is 12.1. The van der Waals surface area contributed by atoms with Gasteiger partial charge in [-0.2, -0.15) is 0 Å². The molecule has 0 radical (unpaired) electrons. The van der Waals surface area contributed by atoms with Crippen molar-refractivity contribution in [3.05, 3.63) is 77.6 Å². The Bertz CT molecular complexity index is 855. The lowest BCUT2D eigenvalue weighted by Gasteiger charge is -2.16. The van der Waals surface area contributed by atoms with Crippen molar-refractivity contribution in [1.29, 1.82) is 0 Å². The van der Waals surface area contributed by atoms with Crippen molar-refractivity contribution >= 4 is 17.2 Å². The van der Waals surface area contributed by atoms with E-state index < -0.39 is 0 Å². The van der Waals surface area contributed by atoms with Gasteiger partial charge < -0.3 is 21.2 Å². The van der Waals surface area contributed by atoms with Crippen LogP contribution in [-0.2, 0) is 0 Å². The average molecular weight is 335 g/mol. The van der Waals surface area contributed by atoms with Crippen LogP contribution < -0.4 is 16.2 Å². The molecule has 0 aliphatic rings. The van der Waals surface area contributed by atoms with Gasteiger partial charge in [0.1, 0.15) is 11.9 Å². The normalized spacial score (nSPS) is 11.9. The number of carbonyl (C=O) groups excluding carboxylic acids is 1. The van der Waals surface area contributed by atoms with Crippen molar-refractivity contribution in [2.45, 2.75) is 19.4 Å². The monoisotopic (exact) mass is 335 g/mol. The Hall–Kier alpha value is -3.21. The standard InChI is InChI=1S/C20H21N3O2/c1-2-19(15-9-10-23-12-15)25-16-6-3-13(4-7-16)20(24)14-5-8-17(21)18(22)11-14/h3-12,19,23H,2,21-22H2,1H3. The van der Waals surface area contributed by atoms with Crippen LogP contribution in [0.1, 0.15) is 40.9 Å². The molecule has 5 heteroatoms. The van der Waals surface area contributed by atoms with Crippen LogP contribution >= 0.6 is 0 Å². The van der Waals surface area contributed by atoms with E-state index in [0.717, 1.165) is 17.7 Å². The van der Waals surface area contributed by atoms with Gasteiger partial charge in [-0.1, -0.05) is 6.92 Å². The van der Waals surface area contributed by atoms with Gasteiger partial charge in [-0.3, -0.25) is 4.79 Å². The van der Waals surface area contributed by atoms with Crippen LogP contribution in [0.4, 0.5) is 11.4 Å². The van der Waals surface area contributed by atoms with Gasteiger partial charge in [0.2, 0.25) is 0 Å². The van der Waals surface area contributed by atoms with Gasteiger partial charge in [0.15, 0.2) is 5.78 Å². The zero-order chi connectivity index (χ0) is 17.8. The second-order valence-corrected chi connectivity index (χ2v) is 5.86. The number of nitrogens with one attached hydrogen (secondary N) is 1. The third kappa shape index (κ3) is 3.66. The Morgan fingerprint density at radius 2 is 1.76 bits per heavy atom. The van der Waals surface area contributed by atoms with E-state index in [4.69, 9.17) is 16.2 Å². The summed E-state index contributed by atoms with van der Waals surface area (Å²) in [5, 5.41) is 0. The van der Waals surface area contributed by atoms with Crippen LogP contribution in [0.5, 0.6) is 5.75 Å². The number of benzene rings is 2. The number of hydrogen-bond acceptors (Lipinski definition) is 4. The molecule has 1 aromatic heterocycles. The number of nitrogens with two attached hydrogens (primary N) is 2. The molecule has 0 fully saturated rings. The number of H-pyrrole nitrogens is 1. The molecule has 0 saturated heterocycles. The molecule has 5 N–H and O–H groups in total. The summed E-state index contributed by atoms with van der Waals surface area (Å²) in [6.07, 6.45) is 4.63. The molecular formula is C20H21N3O2. The fraction of sp³-hybridized carbons (Fsp3) is 0.150. The first kappa shape index (κ1) is 16.6. The van der Waals surface area contributed by atoms with Crippen LogP contribution in [0.3, 0.4) is 0 Å². The fourth-order valence-electron chi connectivity index (χ4n) is 2.66. The molecule has 0 spiro atoms. The predicted octanol–water partition coefficient (Wildman–Crippen LogP) is 3.94. The minimum Gasteiger partial charge on any atom is -0.486 e. The highest BCUT2D eigenvalue weighted by atomic mass is 16.5. The van der Waals surface area contributed by atoms with Gasteiger partial charge in [0, 0.05) is 29.1 Å². The Kier molecular flexibility index (Phi) is 4.75. The largest absolute Gasteiger partial charge is 0.486 e. The summed E-state index contributed by atoms with van der Waals surface area (Å²) >= 11 is 0. The van der Waals surface area contributed by atoms with Crippen molar-refractivity contribution in [3.8, 4) is 5.75 Å². The summed E-state index contributed by atoms with van der Waals surface area (Å²) in [6.45, 7) is 2.07. The predicted molar refractivity (Wildman–Crippen MR) is 99.6 cm³/mol. The van der Waals surface area contributed by atoms with Crippen molar-refractivity contribution in [1.82, 2.24) is 4.98 Å². The number of nitrogen functional groups attached to an aromatic ring is 2. The Morgan fingerprint density at radius 3 is 2.36 bits per heavy atom. The zero-order valence-corrected chi connectivity index (χ0v) is 14.0. The van der Waals surface area contributed by atoms with Crippen molar-refractivity contribution < 1.29 is 9.53 Å². The van der Waals surface area contributed by atoms with E-state index >= 15 is 0 Å². The molecular weight excluding hydrogens is 314 g/mol. The molecule has 0 aliphatic carbocycles. The van der Waals surface area contributed by atoms with Crippen LogP contribution in [0.25, 0.3) is 0 Å². The van der Waals surface area contributed by atoms with Crippen LogP contribution in [0, 0.1) is 0 Å². The van der Waals surface area contributed by atoms with E-state index in [1.807, 2.05) is 30.6 Å². The lowest BCUT2D eigenvalue weighted by Crippen LogP contribution is -2.06. The highest BCUT2D eigenvalue weighted by Crippen LogP contribution is 2.25. The van der Waals surface area contributed by atoms with Crippen molar-refractivity contribution in [2.75, 3.05) is 11.5 Å². The van der Waals surface area contributed by atoms with E-state index in [0.29, 0.717) is 22.5 Å². The SMILES string of the molecule is CCC(Oc1ccc(C(=O)c2ccc(N)c(N)c2)cc1)c1cc[nH]c1. The van der Waals surface area contributed by atoms with Crippen LogP contribution in [-0.4, -0.2) is 10.8 Å². The summed E-state index contributed by atoms with van der Waals surface area (Å²) in [7, 11) is 0. The third-order valence-corrected chi connectivity index (χ3v) is 4.11. The summed E-state index contributed by atoms with van der Waals surface area (Å²) in [5.74, 6) is 0.623. The summed E-state index contributed by atoms with van der Waals surface area (Å²) < 4.78 is 6.02. The summed E-state index contributed by atoms with van der Waals surface area (Å²) in [5.41, 5.74) is 14.5. The molecule has 0 amide bonds. The maximum atomic E-state index is 12.5. The second kappa shape index (κ2) is 7.13. The number of carbonyl (C=O) groups is 1. The maximum Gasteiger partial charge on any atom is 0.193 e. The highest BCUT2D eigenvalue weighted by Gasteiger charge is 2.13. The number of aromatic nitrogens is 1. The minimum atomic E-state index is -0.101. The van der Waals surface area contributed by atoms with Gasteiger partial charge in [0.25, 0.3) is 0 Å². The molecule has 1 atom stereocenters. The summed E-state index contributed by atoms with van der Waals surface area (Å²) in [6, 6.07) is 14.0. The smallest absolute Gasteiger partial charge is 0.193 e. The van der Waals surface area contributed by atoms with E-state index in [-0.39, 0.29) is 11.9 Å². The number of anilines is 2. The number of ketones is 1. The molecule has 25 heavy (non-hydrogen) atoms. The number of aromatic amines is 1. The number of ether oxygens (including phenoxy) is 1. The average Bonchev–Trinajstić information content (AvgIpc) is 3.16. The van der Waals surface area contributed by atoms with E-state index in [1.165, 1.54) is 0 Å². The number of rotatable bonds is 6. The molecule has 0 aliphatic heterocycles. The third-order valence-electron chi connectivity index (χ3n) is 4.11. The molecule has 0 saturated carbocycles. The molecule has 1 heterocycles. The van der Waals surface area contributed by atoms with E-state index in [2.05, 4.69) is 11.9 Å². The molecule has 5 nitrogen and oxygen atoms in total. The topological polar surface area (TPSA) is 94.1 Å². The van der Waals surface area contributed by atoms with Gasteiger partial charge >= 0.3 is 0 Å². The lowest BCUT2D eigenvalue weighted by atomic mass is 10.0. The van der Waals surface area contributed by atoms with Crippen molar-refractivity contribution in [2.24, 2.45) is 0 Å². The van der Waals surface area contributed by atoms with Gasteiger partial charge in [-0.25, -0.2) is 0 Å². The molecule has 3 aromatic rings.